The lowest BCUT2D eigenvalue weighted by atomic mass is 10.0. The van der Waals surface area contributed by atoms with Crippen LogP contribution in [0.5, 0.6) is 5.75 Å². The highest BCUT2D eigenvalue weighted by atomic mass is 16.5. The topological polar surface area (TPSA) is 38.7 Å². The average molecular weight is 238 g/mol. The van der Waals surface area contributed by atoms with E-state index in [0.717, 1.165) is 22.4 Å². The van der Waals surface area contributed by atoms with Crippen LogP contribution >= 0.6 is 0 Å². The monoisotopic (exact) mass is 238 g/mol. The summed E-state index contributed by atoms with van der Waals surface area (Å²) in [6.45, 7) is 8.21. The maximum Gasteiger partial charge on any atom is 0.127 e. The molecule has 1 atom stereocenters. The van der Waals surface area contributed by atoms with Crippen molar-refractivity contribution < 1.29 is 14.6 Å². The van der Waals surface area contributed by atoms with Crippen LogP contribution in [0.2, 0.25) is 0 Å². The van der Waals surface area contributed by atoms with E-state index in [-0.39, 0.29) is 12.7 Å². The number of rotatable bonds is 5. The highest BCUT2D eigenvalue weighted by Crippen LogP contribution is 2.31. The number of hydrogen-bond acceptors (Lipinski definition) is 3. The first-order chi connectivity index (χ1) is 7.97. The molecule has 0 aliphatic heterocycles. The van der Waals surface area contributed by atoms with E-state index >= 15 is 0 Å². The number of ether oxygens (including phenoxy) is 2. The fourth-order valence-corrected chi connectivity index (χ4v) is 1.72. The minimum absolute atomic E-state index is 0.113. The standard InChI is InChI=1S/C14H22O3/c1-9(2)17-8-13(15)12-7-6-10(3)11(4)14(12)16-5/h6-7,9,13,15H,8H2,1-5H3. The summed E-state index contributed by atoms with van der Waals surface area (Å²) in [6.07, 6.45) is -0.533. The number of aliphatic hydroxyl groups is 1. The quantitative estimate of drug-likeness (QED) is 0.857. The third-order valence-corrected chi connectivity index (χ3v) is 2.86. The third-order valence-electron chi connectivity index (χ3n) is 2.86. The van der Waals surface area contributed by atoms with E-state index in [9.17, 15) is 5.11 Å². The lowest BCUT2D eigenvalue weighted by Crippen LogP contribution is -2.13. The van der Waals surface area contributed by atoms with Gasteiger partial charge in [0.25, 0.3) is 0 Å². The van der Waals surface area contributed by atoms with Gasteiger partial charge in [-0.05, 0) is 38.8 Å². The Hall–Kier alpha value is -1.06. The Bertz CT molecular complexity index is 372. The predicted molar refractivity (Wildman–Crippen MR) is 68.5 cm³/mol. The molecule has 1 aromatic rings. The summed E-state index contributed by atoms with van der Waals surface area (Å²) in [4.78, 5) is 0. The molecule has 3 heteroatoms. The Morgan fingerprint density at radius 3 is 2.41 bits per heavy atom. The lowest BCUT2D eigenvalue weighted by molar-refractivity contribution is 0.00405. The summed E-state index contributed by atoms with van der Waals surface area (Å²) in [5, 5.41) is 10.1. The van der Waals surface area contributed by atoms with Crippen LogP contribution < -0.4 is 4.74 Å². The molecule has 0 spiro atoms. The van der Waals surface area contributed by atoms with Crippen molar-refractivity contribution in [3.05, 3.63) is 28.8 Å². The van der Waals surface area contributed by atoms with Gasteiger partial charge in [0.2, 0.25) is 0 Å². The molecule has 96 valence electrons. The van der Waals surface area contributed by atoms with Crippen molar-refractivity contribution >= 4 is 0 Å². The van der Waals surface area contributed by atoms with Gasteiger partial charge in [-0.15, -0.1) is 0 Å². The average Bonchev–Trinajstić information content (AvgIpc) is 2.29. The normalized spacial score (nSPS) is 12.9. The van der Waals surface area contributed by atoms with Gasteiger partial charge in [-0.1, -0.05) is 12.1 Å². The Morgan fingerprint density at radius 2 is 1.88 bits per heavy atom. The van der Waals surface area contributed by atoms with E-state index < -0.39 is 6.10 Å². The van der Waals surface area contributed by atoms with Crippen molar-refractivity contribution in [1.29, 1.82) is 0 Å². The van der Waals surface area contributed by atoms with E-state index in [1.165, 1.54) is 0 Å². The minimum Gasteiger partial charge on any atom is -0.496 e. The maximum atomic E-state index is 10.1. The Labute approximate surface area is 103 Å². The summed E-state index contributed by atoms with van der Waals surface area (Å²) in [6, 6.07) is 3.89. The van der Waals surface area contributed by atoms with Crippen molar-refractivity contribution in [3.8, 4) is 5.75 Å². The molecule has 1 N–H and O–H groups in total. The first-order valence-corrected chi connectivity index (χ1v) is 5.91. The Kier molecular flexibility index (Phi) is 4.97. The highest BCUT2D eigenvalue weighted by molar-refractivity contribution is 5.46. The van der Waals surface area contributed by atoms with Crippen molar-refractivity contribution in [2.45, 2.75) is 39.9 Å². The van der Waals surface area contributed by atoms with E-state index in [0.29, 0.717) is 0 Å². The van der Waals surface area contributed by atoms with Crippen molar-refractivity contribution in [3.63, 3.8) is 0 Å². The van der Waals surface area contributed by atoms with Gasteiger partial charge in [0, 0.05) is 5.56 Å². The zero-order chi connectivity index (χ0) is 13.0. The van der Waals surface area contributed by atoms with E-state index in [2.05, 4.69) is 0 Å². The Morgan fingerprint density at radius 1 is 1.24 bits per heavy atom. The van der Waals surface area contributed by atoms with Crippen molar-refractivity contribution in [2.75, 3.05) is 13.7 Å². The first kappa shape index (κ1) is 14.0. The second kappa shape index (κ2) is 6.03. The van der Waals surface area contributed by atoms with Gasteiger partial charge in [-0.3, -0.25) is 0 Å². The molecule has 0 aliphatic carbocycles. The van der Waals surface area contributed by atoms with Gasteiger partial charge >= 0.3 is 0 Å². The number of aliphatic hydroxyl groups excluding tert-OH is 1. The second-order valence-corrected chi connectivity index (χ2v) is 4.53. The molecule has 1 rings (SSSR count). The summed E-state index contributed by atoms with van der Waals surface area (Å²) < 4.78 is 10.8. The van der Waals surface area contributed by atoms with Crippen molar-refractivity contribution in [1.82, 2.24) is 0 Å². The molecule has 0 radical (unpaired) electrons. The molecule has 0 bridgehead atoms. The van der Waals surface area contributed by atoms with Gasteiger partial charge in [0.1, 0.15) is 11.9 Å². The number of hydrogen-bond donors (Lipinski definition) is 1. The molecule has 0 fully saturated rings. The molecule has 0 aromatic heterocycles. The van der Waals surface area contributed by atoms with Crippen LogP contribution in [0.25, 0.3) is 0 Å². The summed E-state index contributed by atoms with van der Waals surface area (Å²) in [5.41, 5.74) is 3.01. The predicted octanol–water partition coefficient (Wildman–Crippen LogP) is 2.77. The number of aryl methyl sites for hydroxylation is 1. The smallest absolute Gasteiger partial charge is 0.127 e. The van der Waals surface area contributed by atoms with Gasteiger partial charge in [0.05, 0.1) is 19.8 Å². The number of benzene rings is 1. The van der Waals surface area contributed by atoms with Gasteiger partial charge in [0.15, 0.2) is 0 Å². The fourth-order valence-electron chi connectivity index (χ4n) is 1.72. The van der Waals surface area contributed by atoms with E-state index in [4.69, 9.17) is 9.47 Å². The van der Waals surface area contributed by atoms with Crippen LogP contribution in [0, 0.1) is 13.8 Å². The van der Waals surface area contributed by atoms with Crippen LogP contribution in [-0.4, -0.2) is 24.9 Å². The molecule has 0 aliphatic rings. The van der Waals surface area contributed by atoms with Crippen LogP contribution in [0.4, 0.5) is 0 Å². The van der Waals surface area contributed by atoms with Crippen LogP contribution in [0.3, 0.4) is 0 Å². The maximum absolute atomic E-state index is 10.1. The first-order valence-electron chi connectivity index (χ1n) is 5.91. The Balaban J connectivity index is 2.93. The molecule has 1 aromatic carbocycles. The van der Waals surface area contributed by atoms with Gasteiger partial charge in [-0.2, -0.15) is 0 Å². The molecule has 0 saturated heterocycles. The molecule has 17 heavy (non-hydrogen) atoms. The van der Waals surface area contributed by atoms with Gasteiger partial charge < -0.3 is 14.6 Å². The molecule has 3 nitrogen and oxygen atoms in total. The molecule has 1 unspecified atom stereocenters. The SMILES string of the molecule is COc1c(C(O)COC(C)C)ccc(C)c1C. The summed E-state index contributed by atoms with van der Waals surface area (Å²) in [7, 11) is 1.63. The van der Waals surface area contributed by atoms with Gasteiger partial charge in [-0.25, -0.2) is 0 Å². The zero-order valence-electron chi connectivity index (χ0n) is 11.3. The third kappa shape index (κ3) is 3.45. The molecule has 0 heterocycles. The molecule has 0 amide bonds. The van der Waals surface area contributed by atoms with Crippen LogP contribution in [0.15, 0.2) is 12.1 Å². The van der Waals surface area contributed by atoms with Crippen molar-refractivity contribution in [2.24, 2.45) is 0 Å². The van der Waals surface area contributed by atoms with Crippen LogP contribution in [0.1, 0.15) is 36.6 Å². The van der Waals surface area contributed by atoms with E-state index in [1.807, 2.05) is 39.8 Å². The lowest BCUT2D eigenvalue weighted by Gasteiger charge is -2.19. The summed E-state index contributed by atoms with van der Waals surface area (Å²) >= 11 is 0. The van der Waals surface area contributed by atoms with E-state index in [1.54, 1.807) is 7.11 Å². The fraction of sp³-hybridized carbons (Fsp3) is 0.571. The second-order valence-electron chi connectivity index (χ2n) is 4.53. The van der Waals surface area contributed by atoms with Crippen LogP contribution in [-0.2, 0) is 4.74 Å². The number of methoxy groups -OCH3 is 1. The molecular weight excluding hydrogens is 216 g/mol. The molecule has 0 saturated carbocycles. The minimum atomic E-state index is -0.647. The summed E-state index contributed by atoms with van der Waals surface area (Å²) in [5.74, 6) is 0.754. The zero-order valence-corrected chi connectivity index (χ0v) is 11.3. The largest absolute Gasteiger partial charge is 0.496 e. The molecular formula is C14H22O3. The highest BCUT2D eigenvalue weighted by Gasteiger charge is 2.16.